The molecule has 0 bridgehead atoms. The zero-order chi connectivity index (χ0) is 18.3. The largest absolute Gasteiger partial charge is 0.338 e. The van der Waals surface area contributed by atoms with Crippen molar-refractivity contribution in [3.8, 4) is 5.69 Å². The first-order valence-electron chi connectivity index (χ1n) is 8.76. The molecule has 3 heterocycles. The van der Waals surface area contributed by atoms with Crippen LogP contribution in [-0.4, -0.2) is 47.3 Å². The summed E-state index contributed by atoms with van der Waals surface area (Å²) in [5.41, 5.74) is 1.74. The van der Waals surface area contributed by atoms with E-state index in [0.717, 1.165) is 52.5 Å². The standard InChI is InChI=1S/C19H21ClN4OS.ClH/c1-12-14-9-17(18(25)23-8-7-13(11-23)10-21-2)26-19(14)24(22-12)16-6-4-3-5-15(16)20;/h3-6,9,13,21H,7-8,10-11H2,1-2H3;1H. The first kappa shape index (κ1) is 20.1. The number of nitrogens with one attached hydrogen (secondary N) is 1. The third-order valence-electron chi connectivity index (χ3n) is 4.90. The summed E-state index contributed by atoms with van der Waals surface area (Å²) in [6.45, 7) is 4.57. The maximum atomic E-state index is 13.0. The summed E-state index contributed by atoms with van der Waals surface area (Å²) in [5.74, 6) is 0.661. The van der Waals surface area contributed by atoms with Crippen LogP contribution in [0.2, 0.25) is 5.02 Å². The molecule has 1 aromatic carbocycles. The van der Waals surface area contributed by atoms with Gasteiger partial charge in [-0.3, -0.25) is 4.79 Å². The third-order valence-corrected chi connectivity index (χ3v) is 6.32. The topological polar surface area (TPSA) is 50.2 Å². The monoisotopic (exact) mass is 424 g/mol. The fourth-order valence-corrected chi connectivity index (χ4v) is 4.93. The van der Waals surface area contributed by atoms with Gasteiger partial charge in [-0.15, -0.1) is 23.7 Å². The van der Waals surface area contributed by atoms with Crippen molar-refractivity contribution in [1.82, 2.24) is 20.0 Å². The molecule has 0 radical (unpaired) electrons. The summed E-state index contributed by atoms with van der Waals surface area (Å²) in [5, 5.41) is 9.49. The molecule has 1 aliphatic heterocycles. The van der Waals surface area contributed by atoms with Crippen molar-refractivity contribution in [3.05, 3.63) is 45.9 Å². The Morgan fingerprint density at radius 1 is 1.41 bits per heavy atom. The molecule has 1 unspecified atom stereocenters. The van der Waals surface area contributed by atoms with Crippen LogP contribution in [0.15, 0.2) is 30.3 Å². The number of rotatable bonds is 4. The van der Waals surface area contributed by atoms with E-state index in [1.807, 2.05) is 53.9 Å². The Bertz CT molecular complexity index is 968. The van der Waals surface area contributed by atoms with Crippen LogP contribution >= 0.6 is 35.3 Å². The van der Waals surface area contributed by atoms with E-state index in [4.69, 9.17) is 11.6 Å². The quantitative estimate of drug-likeness (QED) is 0.683. The number of hydrogen-bond acceptors (Lipinski definition) is 4. The molecule has 1 atom stereocenters. The van der Waals surface area contributed by atoms with Crippen molar-refractivity contribution in [2.45, 2.75) is 13.3 Å². The highest BCUT2D eigenvalue weighted by atomic mass is 35.5. The molecule has 8 heteroatoms. The smallest absolute Gasteiger partial charge is 0.264 e. The van der Waals surface area contributed by atoms with E-state index in [2.05, 4.69) is 10.4 Å². The van der Waals surface area contributed by atoms with Gasteiger partial charge >= 0.3 is 0 Å². The SMILES string of the molecule is CNCC1CCN(C(=O)c2cc3c(C)nn(-c4ccccc4Cl)c3s2)C1.Cl. The number of hydrogen-bond donors (Lipinski definition) is 1. The number of thiophene rings is 1. The van der Waals surface area contributed by atoms with E-state index in [1.165, 1.54) is 11.3 Å². The van der Waals surface area contributed by atoms with Crippen LogP contribution in [0.3, 0.4) is 0 Å². The predicted octanol–water partition coefficient (Wildman–Crippen LogP) is 4.15. The van der Waals surface area contributed by atoms with Gasteiger partial charge < -0.3 is 10.2 Å². The molecule has 3 aromatic rings. The first-order valence-corrected chi connectivity index (χ1v) is 9.96. The molecule has 4 rings (SSSR count). The average molecular weight is 425 g/mol. The second-order valence-electron chi connectivity index (χ2n) is 6.74. The molecule has 1 amide bonds. The highest BCUT2D eigenvalue weighted by Crippen LogP contribution is 2.33. The Morgan fingerprint density at radius 3 is 2.93 bits per heavy atom. The number of carbonyl (C=O) groups excluding carboxylic acids is 1. The second kappa shape index (κ2) is 8.19. The van der Waals surface area contributed by atoms with Gasteiger partial charge in [0.1, 0.15) is 4.83 Å². The number of amides is 1. The van der Waals surface area contributed by atoms with Crippen molar-refractivity contribution in [2.24, 2.45) is 5.92 Å². The number of likely N-dealkylation sites (tertiary alicyclic amines) is 1. The van der Waals surface area contributed by atoms with Gasteiger partial charge in [0.2, 0.25) is 0 Å². The van der Waals surface area contributed by atoms with Gasteiger partial charge in [0.15, 0.2) is 0 Å². The van der Waals surface area contributed by atoms with Gasteiger partial charge in [-0.1, -0.05) is 23.7 Å². The summed E-state index contributed by atoms with van der Waals surface area (Å²) in [6.07, 6.45) is 1.06. The molecular weight excluding hydrogens is 403 g/mol. The van der Waals surface area contributed by atoms with E-state index < -0.39 is 0 Å². The molecule has 5 nitrogen and oxygen atoms in total. The Kier molecular flexibility index (Phi) is 6.11. The van der Waals surface area contributed by atoms with E-state index >= 15 is 0 Å². The predicted molar refractivity (Wildman–Crippen MR) is 114 cm³/mol. The minimum absolute atomic E-state index is 0. The Morgan fingerprint density at radius 2 is 2.19 bits per heavy atom. The van der Waals surface area contributed by atoms with Gasteiger partial charge in [0.25, 0.3) is 5.91 Å². The molecule has 2 aromatic heterocycles. The molecular formula is C19H22Cl2N4OS. The number of para-hydroxylation sites is 1. The fourth-order valence-electron chi connectivity index (χ4n) is 3.57. The van der Waals surface area contributed by atoms with Crippen LogP contribution in [0.5, 0.6) is 0 Å². The van der Waals surface area contributed by atoms with E-state index in [1.54, 1.807) is 0 Å². The van der Waals surface area contributed by atoms with E-state index in [-0.39, 0.29) is 18.3 Å². The lowest BCUT2D eigenvalue weighted by Gasteiger charge is -2.15. The van der Waals surface area contributed by atoms with Gasteiger partial charge in [0, 0.05) is 18.5 Å². The van der Waals surface area contributed by atoms with Crippen molar-refractivity contribution in [3.63, 3.8) is 0 Å². The van der Waals surface area contributed by atoms with E-state index in [0.29, 0.717) is 10.9 Å². The number of halogens is 2. The number of aromatic nitrogens is 2. The summed E-state index contributed by atoms with van der Waals surface area (Å²) in [6, 6.07) is 9.61. The summed E-state index contributed by atoms with van der Waals surface area (Å²) in [4.78, 5) is 16.7. The zero-order valence-electron chi connectivity index (χ0n) is 15.2. The molecule has 1 aliphatic rings. The van der Waals surface area contributed by atoms with Crippen LogP contribution in [0.4, 0.5) is 0 Å². The van der Waals surface area contributed by atoms with E-state index in [9.17, 15) is 4.79 Å². The summed E-state index contributed by atoms with van der Waals surface area (Å²) in [7, 11) is 1.96. The van der Waals surface area contributed by atoms with Crippen molar-refractivity contribution in [2.75, 3.05) is 26.7 Å². The maximum absolute atomic E-state index is 13.0. The molecule has 1 N–H and O–H groups in total. The minimum Gasteiger partial charge on any atom is -0.338 e. The summed E-state index contributed by atoms with van der Waals surface area (Å²) < 4.78 is 1.85. The lowest BCUT2D eigenvalue weighted by molar-refractivity contribution is 0.0792. The van der Waals surface area contributed by atoms with Crippen LogP contribution in [0, 0.1) is 12.8 Å². The molecule has 1 fully saturated rings. The number of carbonyl (C=O) groups is 1. The van der Waals surface area contributed by atoms with Gasteiger partial charge in [-0.05, 0) is 51.1 Å². The second-order valence-corrected chi connectivity index (χ2v) is 8.18. The lowest BCUT2D eigenvalue weighted by atomic mass is 10.1. The number of nitrogens with zero attached hydrogens (tertiary/aromatic N) is 3. The first-order chi connectivity index (χ1) is 12.6. The van der Waals surface area contributed by atoms with Crippen LogP contribution in [0.1, 0.15) is 21.8 Å². The zero-order valence-corrected chi connectivity index (χ0v) is 17.6. The van der Waals surface area contributed by atoms with Gasteiger partial charge in [-0.25, -0.2) is 4.68 Å². The number of benzene rings is 1. The Balaban J connectivity index is 0.00000210. The Labute approximate surface area is 173 Å². The molecule has 0 spiro atoms. The normalized spacial score (nSPS) is 16.7. The molecule has 144 valence electrons. The van der Waals surface area contributed by atoms with Crippen LogP contribution < -0.4 is 5.32 Å². The maximum Gasteiger partial charge on any atom is 0.264 e. The minimum atomic E-state index is 0. The third kappa shape index (κ3) is 3.72. The lowest BCUT2D eigenvalue weighted by Crippen LogP contribution is -2.29. The van der Waals surface area contributed by atoms with Gasteiger partial charge in [0.05, 0.1) is 21.3 Å². The number of aryl methyl sites for hydroxylation is 1. The van der Waals surface area contributed by atoms with Crippen molar-refractivity contribution < 1.29 is 4.79 Å². The highest BCUT2D eigenvalue weighted by molar-refractivity contribution is 7.20. The van der Waals surface area contributed by atoms with Crippen molar-refractivity contribution >= 4 is 51.5 Å². The number of fused-ring (bicyclic) bond motifs is 1. The average Bonchev–Trinajstić information content (AvgIpc) is 3.32. The van der Waals surface area contributed by atoms with Crippen LogP contribution in [0.25, 0.3) is 15.9 Å². The molecule has 0 saturated carbocycles. The fraction of sp³-hybridized carbons (Fsp3) is 0.368. The van der Waals surface area contributed by atoms with Crippen molar-refractivity contribution in [1.29, 1.82) is 0 Å². The van der Waals surface area contributed by atoms with Gasteiger partial charge in [-0.2, -0.15) is 5.10 Å². The van der Waals surface area contributed by atoms with Crippen LogP contribution in [-0.2, 0) is 0 Å². The Hall–Kier alpha value is -1.60. The summed E-state index contributed by atoms with van der Waals surface area (Å²) >= 11 is 7.84. The molecule has 0 aliphatic carbocycles. The molecule has 27 heavy (non-hydrogen) atoms. The highest BCUT2D eigenvalue weighted by Gasteiger charge is 2.28. The molecule has 1 saturated heterocycles.